The number of nitrogens with zero attached hydrogens (tertiary/aromatic N) is 1. The van der Waals surface area contributed by atoms with E-state index in [9.17, 15) is 4.79 Å². The maximum Gasteiger partial charge on any atom is 0.239 e. The van der Waals surface area contributed by atoms with Crippen molar-refractivity contribution in [3.05, 3.63) is 69.2 Å². The van der Waals surface area contributed by atoms with Crippen LogP contribution < -0.4 is 5.73 Å². The van der Waals surface area contributed by atoms with Crippen LogP contribution >= 0.6 is 23.2 Å². The van der Waals surface area contributed by atoms with E-state index >= 15 is 0 Å². The lowest BCUT2D eigenvalue weighted by molar-refractivity contribution is -0.133. The third-order valence-electron chi connectivity index (χ3n) is 5.01. The lowest BCUT2D eigenvalue weighted by Crippen LogP contribution is -2.42. The predicted molar refractivity (Wildman–Crippen MR) is 103 cm³/mol. The molecule has 3 rings (SSSR count). The van der Waals surface area contributed by atoms with Gasteiger partial charge >= 0.3 is 0 Å². The lowest BCUT2D eigenvalue weighted by Gasteiger charge is -2.37. The van der Waals surface area contributed by atoms with Gasteiger partial charge in [-0.25, -0.2) is 0 Å². The Kier molecular flexibility index (Phi) is 5.38. The van der Waals surface area contributed by atoms with E-state index in [4.69, 9.17) is 28.9 Å². The molecule has 2 aromatic rings. The lowest BCUT2D eigenvalue weighted by atomic mass is 9.76. The molecule has 0 saturated heterocycles. The summed E-state index contributed by atoms with van der Waals surface area (Å²) in [5.41, 5.74) is 9.37. The minimum Gasteiger partial charge on any atom is -0.337 e. The average Bonchev–Trinajstić information content (AvgIpc) is 2.62. The van der Waals surface area contributed by atoms with E-state index in [-0.39, 0.29) is 17.9 Å². The number of hydrogen-bond donors (Lipinski definition) is 1. The number of likely N-dealkylation sites (N-methyl/N-ethyl adjacent to an activating group) is 1. The van der Waals surface area contributed by atoms with E-state index in [1.54, 1.807) is 11.8 Å². The maximum absolute atomic E-state index is 12.4. The van der Waals surface area contributed by atoms with Crippen LogP contribution in [0.2, 0.25) is 10.0 Å². The van der Waals surface area contributed by atoms with E-state index in [1.807, 2.05) is 37.4 Å². The summed E-state index contributed by atoms with van der Waals surface area (Å²) in [6, 6.07) is 13.7. The highest BCUT2D eigenvalue weighted by atomic mass is 35.5. The molecule has 25 heavy (non-hydrogen) atoms. The second kappa shape index (κ2) is 7.36. The normalized spacial score (nSPS) is 20.7. The average molecular weight is 377 g/mol. The monoisotopic (exact) mass is 376 g/mol. The molecule has 1 aliphatic carbocycles. The zero-order valence-electron chi connectivity index (χ0n) is 14.4. The van der Waals surface area contributed by atoms with Gasteiger partial charge in [-0.05, 0) is 48.6 Å². The summed E-state index contributed by atoms with van der Waals surface area (Å²) in [5, 5.41) is 1.14. The van der Waals surface area contributed by atoms with E-state index in [2.05, 4.69) is 12.1 Å². The van der Waals surface area contributed by atoms with Gasteiger partial charge in [0.15, 0.2) is 0 Å². The van der Waals surface area contributed by atoms with Crippen molar-refractivity contribution in [1.29, 1.82) is 0 Å². The van der Waals surface area contributed by atoms with Gasteiger partial charge in [-0.2, -0.15) is 0 Å². The largest absolute Gasteiger partial charge is 0.337 e. The van der Waals surface area contributed by atoms with Gasteiger partial charge in [0.1, 0.15) is 0 Å². The zero-order valence-corrected chi connectivity index (χ0v) is 15.9. The molecule has 5 heteroatoms. The van der Waals surface area contributed by atoms with Crippen molar-refractivity contribution in [3.8, 4) is 0 Å². The number of hydrogen-bond acceptors (Lipinski definition) is 2. The molecule has 0 aromatic heterocycles. The molecular weight excluding hydrogens is 355 g/mol. The number of carbonyl (C=O) groups excluding carboxylic acids is 1. The van der Waals surface area contributed by atoms with Crippen LogP contribution in [-0.2, 0) is 4.79 Å². The Bertz CT molecular complexity index is 791. The molecule has 0 bridgehead atoms. The van der Waals surface area contributed by atoms with Crippen LogP contribution in [0.5, 0.6) is 0 Å². The van der Waals surface area contributed by atoms with Crippen molar-refractivity contribution in [3.63, 3.8) is 0 Å². The first-order valence-corrected chi connectivity index (χ1v) is 9.21. The van der Waals surface area contributed by atoms with Crippen LogP contribution in [0.1, 0.15) is 48.4 Å². The zero-order chi connectivity index (χ0) is 18.1. The molecule has 0 heterocycles. The van der Waals surface area contributed by atoms with Crippen LogP contribution in [-0.4, -0.2) is 23.9 Å². The Labute approximate surface area is 158 Å². The molecule has 0 unspecified atom stereocenters. The number of rotatable bonds is 3. The molecule has 0 spiro atoms. The molecule has 1 aliphatic rings. The maximum atomic E-state index is 12.4. The summed E-state index contributed by atoms with van der Waals surface area (Å²) < 4.78 is 0. The summed E-state index contributed by atoms with van der Waals surface area (Å²) in [5.74, 6) is 0.216. The summed E-state index contributed by atoms with van der Waals surface area (Å²) in [6.45, 7) is 1.73. The van der Waals surface area contributed by atoms with Crippen molar-refractivity contribution in [2.24, 2.45) is 5.73 Å². The quantitative estimate of drug-likeness (QED) is 0.838. The summed E-state index contributed by atoms with van der Waals surface area (Å²) in [6.07, 6.45) is 1.83. The van der Waals surface area contributed by atoms with Crippen LogP contribution in [0.4, 0.5) is 0 Å². The van der Waals surface area contributed by atoms with Gasteiger partial charge in [-0.15, -0.1) is 0 Å². The summed E-state index contributed by atoms with van der Waals surface area (Å²) >= 11 is 12.3. The van der Waals surface area contributed by atoms with Crippen LogP contribution in [0, 0.1) is 0 Å². The van der Waals surface area contributed by atoms with Gasteiger partial charge < -0.3 is 10.6 Å². The minimum atomic E-state index is -0.495. The first kappa shape index (κ1) is 18.2. The van der Waals surface area contributed by atoms with Crippen LogP contribution in [0.25, 0.3) is 0 Å². The van der Waals surface area contributed by atoms with Crippen molar-refractivity contribution < 1.29 is 4.79 Å². The van der Waals surface area contributed by atoms with E-state index < -0.39 is 6.04 Å². The highest BCUT2D eigenvalue weighted by Gasteiger charge is 2.32. The van der Waals surface area contributed by atoms with Gasteiger partial charge in [0.05, 0.1) is 22.1 Å². The molecular formula is C20H22Cl2N2O. The van der Waals surface area contributed by atoms with Crippen molar-refractivity contribution in [2.45, 2.75) is 37.8 Å². The molecule has 132 valence electrons. The Morgan fingerprint density at radius 3 is 2.44 bits per heavy atom. The Morgan fingerprint density at radius 2 is 1.80 bits per heavy atom. The van der Waals surface area contributed by atoms with Crippen LogP contribution in [0.15, 0.2) is 42.5 Å². The molecule has 0 fully saturated rings. The summed E-state index contributed by atoms with van der Waals surface area (Å²) in [4.78, 5) is 14.1. The molecule has 1 amide bonds. The van der Waals surface area contributed by atoms with Gasteiger partial charge in [0, 0.05) is 13.0 Å². The van der Waals surface area contributed by atoms with E-state index in [0.29, 0.717) is 10.0 Å². The number of carbonyl (C=O) groups is 1. The van der Waals surface area contributed by atoms with Gasteiger partial charge in [0.25, 0.3) is 0 Å². The molecule has 2 aromatic carbocycles. The van der Waals surface area contributed by atoms with E-state index in [0.717, 1.165) is 18.4 Å². The first-order chi connectivity index (χ1) is 11.9. The molecule has 3 nitrogen and oxygen atoms in total. The molecule has 3 atom stereocenters. The number of nitrogens with two attached hydrogens (primary N) is 1. The third-order valence-corrected chi connectivity index (χ3v) is 5.75. The third kappa shape index (κ3) is 3.55. The number of amides is 1. The second-order valence-corrected chi connectivity index (χ2v) is 7.50. The smallest absolute Gasteiger partial charge is 0.239 e. The molecule has 2 N–H and O–H groups in total. The van der Waals surface area contributed by atoms with E-state index in [1.165, 1.54) is 11.1 Å². The standard InChI is InChI=1S/C20H22Cl2N2O/c1-12(23)20(25)24(2)19-10-8-14(15-5-3-4-6-16(15)19)13-7-9-17(21)18(22)11-13/h3-7,9,11-12,14,19H,8,10,23H2,1-2H3/t12-,14-,19-/m0/s1. The first-order valence-electron chi connectivity index (χ1n) is 8.46. The minimum absolute atomic E-state index is 0.0345. The summed E-state index contributed by atoms with van der Waals surface area (Å²) in [7, 11) is 1.84. The Balaban J connectivity index is 1.99. The van der Waals surface area contributed by atoms with Gasteiger partial charge in [-0.3, -0.25) is 4.79 Å². The van der Waals surface area contributed by atoms with Crippen molar-refractivity contribution >= 4 is 29.1 Å². The Hall–Kier alpha value is -1.55. The SMILES string of the molecule is C[C@H](N)C(=O)N(C)[C@H]1CC[C@@H](c2ccc(Cl)c(Cl)c2)c2ccccc21. The number of halogens is 2. The molecule has 0 saturated carbocycles. The van der Waals surface area contributed by atoms with Crippen LogP contribution in [0.3, 0.4) is 0 Å². The highest BCUT2D eigenvalue weighted by Crippen LogP contribution is 2.44. The number of fused-ring (bicyclic) bond motifs is 1. The fourth-order valence-electron chi connectivity index (χ4n) is 3.72. The van der Waals surface area contributed by atoms with Crippen molar-refractivity contribution in [1.82, 2.24) is 4.90 Å². The van der Waals surface area contributed by atoms with Gasteiger partial charge in [-0.1, -0.05) is 53.5 Å². The van der Waals surface area contributed by atoms with Crippen molar-refractivity contribution in [2.75, 3.05) is 7.05 Å². The highest BCUT2D eigenvalue weighted by molar-refractivity contribution is 6.42. The number of benzene rings is 2. The molecule has 0 radical (unpaired) electrons. The Morgan fingerprint density at radius 1 is 1.12 bits per heavy atom. The topological polar surface area (TPSA) is 46.3 Å². The predicted octanol–water partition coefficient (Wildman–Crippen LogP) is 4.77. The fraction of sp³-hybridized carbons (Fsp3) is 0.350. The van der Waals surface area contributed by atoms with Gasteiger partial charge in [0.2, 0.25) is 5.91 Å². The fourth-order valence-corrected chi connectivity index (χ4v) is 4.03. The second-order valence-electron chi connectivity index (χ2n) is 6.69. The molecule has 0 aliphatic heterocycles.